The van der Waals surface area contributed by atoms with E-state index < -0.39 is 11.5 Å². The molecule has 3 aliphatic rings. The van der Waals surface area contributed by atoms with Crippen LogP contribution in [-0.2, 0) is 4.79 Å². The maximum Gasteiger partial charge on any atom is 0.312 e. The summed E-state index contributed by atoms with van der Waals surface area (Å²) in [6.07, 6.45) is 5.43. The van der Waals surface area contributed by atoms with E-state index in [-0.39, 0.29) is 18.2 Å². The molecule has 2 aliphatic heterocycles. The average molecular weight is 453 g/mol. The van der Waals surface area contributed by atoms with Crippen LogP contribution >= 0.6 is 0 Å². The number of carbonyl (C=O) groups is 2. The van der Waals surface area contributed by atoms with Crippen LogP contribution in [0, 0.1) is 0 Å². The summed E-state index contributed by atoms with van der Waals surface area (Å²) in [6, 6.07) is 7.08. The van der Waals surface area contributed by atoms with Crippen molar-refractivity contribution < 1.29 is 33.3 Å². The molecule has 2 aromatic carbocycles. The highest BCUT2D eigenvalue weighted by Crippen LogP contribution is 2.54. The lowest BCUT2D eigenvalue weighted by atomic mass is 9.76. The van der Waals surface area contributed by atoms with E-state index >= 15 is 0 Å². The van der Waals surface area contributed by atoms with E-state index in [4.69, 9.17) is 23.7 Å². The number of Topliss-reactive ketones (excluding diaryl/α,β-unsaturated/α-hetero) is 1. The van der Waals surface area contributed by atoms with Crippen LogP contribution in [0.3, 0.4) is 0 Å². The Labute approximate surface area is 192 Å². The molecule has 1 aliphatic carbocycles. The molecule has 5 rings (SSSR count). The molecule has 0 amide bonds. The monoisotopic (exact) mass is 452 g/mol. The standard InChI is InChI=1S/C26H28O7/c1-29-20-10-7-15(24(30-2)25(20)31-3)17-13-21(28)32-19-9-8-16-18(27)14-26(11-5-4-6-12-26)33-23(16)22(17)19/h7-10,17H,4-6,11-14H2,1-3H3/t17-/m1/s1. The zero-order valence-corrected chi connectivity index (χ0v) is 19.2. The molecule has 2 heterocycles. The van der Waals surface area contributed by atoms with Crippen molar-refractivity contribution in [3.63, 3.8) is 0 Å². The summed E-state index contributed by atoms with van der Waals surface area (Å²) in [6.45, 7) is 0. The van der Waals surface area contributed by atoms with E-state index in [9.17, 15) is 9.59 Å². The van der Waals surface area contributed by atoms with Crippen molar-refractivity contribution in [2.24, 2.45) is 0 Å². The van der Waals surface area contributed by atoms with Crippen molar-refractivity contribution in [1.29, 1.82) is 0 Å². The van der Waals surface area contributed by atoms with Gasteiger partial charge in [-0.2, -0.15) is 0 Å². The van der Waals surface area contributed by atoms with Gasteiger partial charge in [-0.25, -0.2) is 0 Å². The molecule has 1 spiro atoms. The average Bonchev–Trinajstić information content (AvgIpc) is 2.82. The van der Waals surface area contributed by atoms with E-state index in [2.05, 4.69) is 0 Å². The maximum absolute atomic E-state index is 13.2. The van der Waals surface area contributed by atoms with Crippen LogP contribution in [0.5, 0.6) is 28.7 Å². The van der Waals surface area contributed by atoms with Gasteiger partial charge in [0.05, 0.1) is 39.7 Å². The van der Waals surface area contributed by atoms with Crippen molar-refractivity contribution in [1.82, 2.24) is 0 Å². The molecule has 2 aromatic rings. The van der Waals surface area contributed by atoms with Crippen LogP contribution in [0.25, 0.3) is 0 Å². The number of rotatable bonds is 4. The van der Waals surface area contributed by atoms with Crippen LogP contribution in [0.2, 0.25) is 0 Å². The Morgan fingerprint density at radius 1 is 0.909 bits per heavy atom. The molecule has 33 heavy (non-hydrogen) atoms. The van der Waals surface area contributed by atoms with Gasteiger partial charge in [0.1, 0.15) is 17.1 Å². The first-order valence-electron chi connectivity index (χ1n) is 11.4. The van der Waals surface area contributed by atoms with E-state index in [1.807, 2.05) is 6.07 Å². The van der Waals surface area contributed by atoms with Crippen LogP contribution in [0.4, 0.5) is 0 Å². The minimum absolute atomic E-state index is 0.0795. The minimum Gasteiger partial charge on any atom is -0.493 e. The highest BCUT2D eigenvalue weighted by molar-refractivity contribution is 6.01. The molecule has 7 heteroatoms. The fourth-order valence-electron chi connectivity index (χ4n) is 5.54. The molecule has 0 aromatic heterocycles. The van der Waals surface area contributed by atoms with Crippen LogP contribution in [0.15, 0.2) is 24.3 Å². The molecule has 0 unspecified atom stereocenters. The van der Waals surface area contributed by atoms with Gasteiger partial charge < -0.3 is 23.7 Å². The SMILES string of the molecule is COc1ccc([C@H]2CC(=O)Oc3ccc4c(c32)OC2(CCCCC2)CC4=O)c(OC)c1OC. The van der Waals surface area contributed by atoms with Crippen LogP contribution < -0.4 is 23.7 Å². The number of benzene rings is 2. The molecule has 0 radical (unpaired) electrons. The Morgan fingerprint density at radius 2 is 1.67 bits per heavy atom. The van der Waals surface area contributed by atoms with Gasteiger partial charge in [0, 0.05) is 17.0 Å². The van der Waals surface area contributed by atoms with E-state index in [0.717, 1.165) is 43.2 Å². The lowest BCUT2D eigenvalue weighted by molar-refractivity contribution is -0.135. The highest BCUT2D eigenvalue weighted by Gasteiger charge is 2.45. The van der Waals surface area contributed by atoms with Gasteiger partial charge in [0.25, 0.3) is 0 Å². The normalized spacial score (nSPS) is 20.9. The Hall–Kier alpha value is -3.22. The molecule has 174 valence electrons. The first-order valence-corrected chi connectivity index (χ1v) is 11.4. The van der Waals surface area contributed by atoms with Gasteiger partial charge in [0.15, 0.2) is 17.3 Å². The fourth-order valence-corrected chi connectivity index (χ4v) is 5.54. The zero-order valence-electron chi connectivity index (χ0n) is 19.2. The lowest BCUT2D eigenvalue weighted by Crippen LogP contribution is -2.44. The number of carbonyl (C=O) groups excluding carboxylic acids is 2. The Morgan fingerprint density at radius 3 is 2.36 bits per heavy atom. The summed E-state index contributed by atoms with van der Waals surface area (Å²) in [4.78, 5) is 25.8. The fraction of sp³-hybridized carbons (Fsp3) is 0.462. The first-order chi connectivity index (χ1) is 16.0. The van der Waals surface area contributed by atoms with Crippen molar-refractivity contribution in [3.8, 4) is 28.7 Å². The van der Waals surface area contributed by atoms with Gasteiger partial charge in [-0.1, -0.05) is 12.5 Å². The number of methoxy groups -OCH3 is 3. The Balaban J connectivity index is 1.70. The number of fused-ring (bicyclic) bond motifs is 3. The number of hydrogen-bond donors (Lipinski definition) is 0. The third kappa shape index (κ3) is 3.50. The van der Waals surface area contributed by atoms with E-state index in [1.165, 1.54) is 0 Å². The second-order valence-corrected chi connectivity index (χ2v) is 8.95. The topological polar surface area (TPSA) is 80.3 Å². The minimum atomic E-state index is -0.481. The molecule has 1 atom stereocenters. The molecule has 0 bridgehead atoms. The van der Waals surface area contributed by atoms with Crippen LogP contribution in [0.1, 0.15) is 72.3 Å². The quantitative estimate of drug-likeness (QED) is 0.486. The molecular formula is C26H28O7. The molecule has 0 saturated heterocycles. The number of esters is 1. The zero-order chi connectivity index (χ0) is 23.2. The van der Waals surface area contributed by atoms with Gasteiger partial charge in [0.2, 0.25) is 5.75 Å². The Kier molecular flexibility index (Phi) is 5.43. The summed E-state index contributed by atoms with van der Waals surface area (Å²) >= 11 is 0. The van der Waals surface area contributed by atoms with Gasteiger partial charge in [-0.15, -0.1) is 0 Å². The third-order valence-corrected chi connectivity index (χ3v) is 7.08. The Bertz CT molecular complexity index is 1110. The smallest absolute Gasteiger partial charge is 0.312 e. The summed E-state index contributed by atoms with van der Waals surface area (Å²) in [5, 5.41) is 0. The van der Waals surface area contributed by atoms with Crippen molar-refractivity contribution in [2.45, 2.75) is 56.5 Å². The van der Waals surface area contributed by atoms with Crippen molar-refractivity contribution in [3.05, 3.63) is 41.0 Å². The molecular weight excluding hydrogens is 424 g/mol. The largest absolute Gasteiger partial charge is 0.493 e. The molecule has 7 nitrogen and oxygen atoms in total. The number of ether oxygens (including phenoxy) is 5. The van der Waals surface area contributed by atoms with Gasteiger partial charge >= 0.3 is 5.97 Å². The second-order valence-electron chi connectivity index (χ2n) is 8.95. The van der Waals surface area contributed by atoms with E-state index in [1.54, 1.807) is 39.5 Å². The number of hydrogen-bond acceptors (Lipinski definition) is 7. The predicted molar refractivity (Wildman–Crippen MR) is 120 cm³/mol. The van der Waals surface area contributed by atoms with Crippen LogP contribution in [-0.4, -0.2) is 38.7 Å². The predicted octanol–water partition coefficient (Wildman–Crippen LogP) is 4.82. The second kappa shape index (κ2) is 8.28. The molecule has 1 saturated carbocycles. The van der Waals surface area contributed by atoms with Crippen molar-refractivity contribution >= 4 is 11.8 Å². The third-order valence-electron chi connectivity index (χ3n) is 7.08. The van der Waals surface area contributed by atoms with Gasteiger partial charge in [-0.3, -0.25) is 9.59 Å². The summed E-state index contributed by atoms with van der Waals surface area (Å²) < 4.78 is 29.0. The van der Waals surface area contributed by atoms with Crippen molar-refractivity contribution in [2.75, 3.05) is 21.3 Å². The van der Waals surface area contributed by atoms with Gasteiger partial charge in [-0.05, 0) is 43.9 Å². The summed E-state index contributed by atoms with van der Waals surface area (Å²) in [5.41, 5.74) is 1.54. The number of ketones is 1. The molecule has 1 fully saturated rings. The summed E-state index contributed by atoms with van der Waals surface area (Å²) in [5.74, 6) is 1.73. The molecule has 0 N–H and O–H groups in total. The van der Waals surface area contributed by atoms with E-state index in [0.29, 0.717) is 40.7 Å². The maximum atomic E-state index is 13.2. The first kappa shape index (κ1) is 21.6. The summed E-state index contributed by atoms with van der Waals surface area (Å²) in [7, 11) is 4.66. The lowest BCUT2D eigenvalue weighted by Gasteiger charge is -2.42. The highest BCUT2D eigenvalue weighted by atomic mass is 16.5.